The predicted molar refractivity (Wildman–Crippen MR) is 82.5 cm³/mol. The lowest BCUT2D eigenvalue weighted by Gasteiger charge is -2.46. The number of rotatable bonds is 5. The fraction of sp³-hybridized carbons (Fsp3) is 1.00. The first kappa shape index (κ1) is 15.3. The van der Waals surface area contributed by atoms with Crippen molar-refractivity contribution < 1.29 is 0 Å². The molecule has 2 saturated heterocycles. The maximum absolute atomic E-state index is 3.56. The third-order valence-electron chi connectivity index (χ3n) is 4.87. The summed E-state index contributed by atoms with van der Waals surface area (Å²) in [4.78, 5) is 5.32. The average molecular weight is 267 g/mol. The lowest BCUT2D eigenvalue weighted by Crippen LogP contribution is -2.53. The molecule has 0 aromatic rings. The van der Waals surface area contributed by atoms with Gasteiger partial charge in [-0.15, -0.1) is 0 Å². The van der Waals surface area contributed by atoms with Crippen LogP contribution in [0, 0.1) is 11.8 Å². The van der Waals surface area contributed by atoms with Crippen LogP contribution in [0.1, 0.15) is 40.0 Å². The summed E-state index contributed by atoms with van der Waals surface area (Å²) in [7, 11) is 2.32. The van der Waals surface area contributed by atoms with Crippen LogP contribution in [0.2, 0.25) is 0 Å². The van der Waals surface area contributed by atoms with E-state index < -0.39 is 0 Å². The van der Waals surface area contributed by atoms with Crippen molar-refractivity contribution in [2.75, 3.05) is 39.8 Å². The SMILES string of the molecule is CC(CNC(C)C)CN1CCC2C(CCCN2C)C1. The van der Waals surface area contributed by atoms with Crippen LogP contribution in [0.25, 0.3) is 0 Å². The monoisotopic (exact) mass is 267 g/mol. The Bertz CT molecular complexity index is 267. The maximum atomic E-state index is 3.56. The largest absolute Gasteiger partial charge is 0.314 e. The van der Waals surface area contributed by atoms with Crippen LogP contribution in [0.3, 0.4) is 0 Å². The molecule has 0 aromatic heterocycles. The van der Waals surface area contributed by atoms with Crippen LogP contribution >= 0.6 is 0 Å². The lowest BCUT2D eigenvalue weighted by molar-refractivity contribution is 0.0333. The van der Waals surface area contributed by atoms with E-state index in [1.807, 2.05) is 0 Å². The Hall–Kier alpha value is -0.120. The Morgan fingerprint density at radius 1 is 1.16 bits per heavy atom. The van der Waals surface area contributed by atoms with Gasteiger partial charge in [0.05, 0.1) is 0 Å². The van der Waals surface area contributed by atoms with E-state index in [9.17, 15) is 0 Å². The summed E-state index contributed by atoms with van der Waals surface area (Å²) < 4.78 is 0. The van der Waals surface area contributed by atoms with Gasteiger partial charge in [0.1, 0.15) is 0 Å². The first-order valence-corrected chi connectivity index (χ1v) is 8.22. The molecule has 0 amide bonds. The number of likely N-dealkylation sites (tertiary alicyclic amines) is 2. The third kappa shape index (κ3) is 4.44. The second-order valence-corrected chi connectivity index (χ2v) is 7.17. The van der Waals surface area contributed by atoms with Crippen molar-refractivity contribution in [3.63, 3.8) is 0 Å². The quantitative estimate of drug-likeness (QED) is 0.822. The van der Waals surface area contributed by atoms with E-state index in [4.69, 9.17) is 0 Å². The van der Waals surface area contributed by atoms with E-state index in [-0.39, 0.29) is 0 Å². The Morgan fingerprint density at radius 3 is 2.68 bits per heavy atom. The molecule has 0 spiro atoms. The highest BCUT2D eigenvalue weighted by molar-refractivity contribution is 4.89. The smallest absolute Gasteiger partial charge is 0.0145 e. The highest BCUT2D eigenvalue weighted by atomic mass is 15.2. The molecule has 19 heavy (non-hydrogen) atoms. The van der Waals surface area contributed by atoms with E-state index in [0.717, 1.165) is 24.4 Å². The zero-order valence-electron chi connectivity index (χ0n) is 13.4. The molecule has 2 rings (SSSR count). The topological polar surface area (TPSA) is 18.5 Å². The summed E-state index contributed by atoms with van der Waals surface area (Å²) in [5.41, 5.74) is 0. The van der Waals surface area contributed by atoms with Gasteiger partial charge in [-0.3, -0.25) is 0 Å². The molecular weight excluding hydrogens is 234 g/mol. The Kier molecular flexibility index (Phi) is 5.67. The Balaban J connectivity index is 1.74. The predicted octanol–water partition coefficient (Wildman–Crippen LogP) is 2.04. The normalized spacial score (nSPS) is 31.4. The van der Waals surface area contributed by atoms with Crippen molar-refractivity contribution >= 4 is 0 Å². The molecule has 0 aromatic carbocycles. The molecule has 0 radical (unpaired) electrons. The van der Waals surface area contributed by atoms with Gasteiger partial charge in [0, 0.05) is 25.2 Å². The van der Waals surface area contributed by atoms with Crippen molar-refractivity contribution in [2.45, 2.75) is 52.1 Å². The lowest BCUT2D eigenvalue weighted by atomic mass is 9.84. The van der Waals surface area contributed by atoms with Crippen LogP contribution in [0.4, 0.5) is 0 Å². The fourth-order valence-electron chi connectivity index (χ4n) is 3.84. The molecule has 3 unspecified atom stereocenters. The minimum absolute atomic E-state index is 0.611. The zero-order valence-corrected chi connectivity index (χ0v) is 13.4. The van der Waals surface area contributed by atoms with Gasteiger partial charge < -0.3 is 15.1 Å². The Labute approximate surface area is 119 Å². The minimum Gasteiger partial charge on any atom is -0.314 e. The van der Waals surface area contributed by atoms with E-state index >= 15 is 0 Å². The number of hydrogen-bond donors (Lipinski definition) is 1. The molecule has 112 valence electrons. The van der Waals surface area contributed by atoms with Gasteiger partial charge in [0.2, 0.25) is 0 Å². The summed E-state index contributed by atoms with van der Waals surface area (Å²) in [6.45, 7) is 13.2. The van der Waals surface area contributed by atoms with Gasteiger partial charge >= 0.3 is 0 Å². The first-order valence-electron chi connectivity index (χ1n) is 8.22. The van der Waals surface area contributed by atoms with E-state index in [2.05, 4.69) is 42.9 Å². The number of nitrogens with one attached hydrogen (secondary N) is 1. The van der Waals surface area contributed by atoms with Gasteiger partial charge in [-0.1, -0.05) is 20.8 Å². The highest BCUT2D eigenvalue weighted by Crippen LogP contribution is 2.29. The number of hydrogen-bond acceptors (Lipinski definition) is 3. The molecule has 2 aliphatic heterocycles. The fourth-order valence-corrected chi connectivity index (χ4v) is 3.84. The number of piperidine rings is 2. The number of nitrogens with zero attached hydrogens (tertiary/aromatic N) is 2. The molecular formula is C16H33N3. The first-order chi connectivity index (χ1) is 9.06. The summed E-state index contributed by atoms with van der Waals surface area (Å²) in [6.07, 6.45) is 4.23. The molecule has 0 aliphatic carbocycles. The molecule has 0 bridgehead atoms. The molecule has 3 heteroatoms. The van der Waals surface area contributed by atoms with Gasteiger partial charge in [0.15, 0.2) is 0 Å². The molecule has 2 fully saturated rings. The van der Waals surface area contributed by atoms with Crippen LogP contribution < -0.4 is 5.32 Å². The minimum atomic E-state index is 0.611. The van der Waals surface area contributed by atoms with Crippen molar-refractivity contribution in [3.8, 4) is 0 Å². The van der Waals surface area contributed by atoms with Gasteiger partial charge in [0.25, 0.3) is 0 Å². The molecule has 3 nitrogen and oxygen atoms in total. The average Bonchev–Trinajstić information content (AvgIpc) is 2.36. The standard InChI is InChI=1S/C16H33N3/c1-13(2)17-10-14(3)11-19-9-7-16-15(12-19)6-5-8-18(16)4/h13-17H,5-12H2,1-4H3. The van der Waals surface area contributed by atoms with Crippen LogP contribution in [-0.4, -0.2) is 61.7 Å². The zero-order chi connectivity index (χ0) is 13.8. The van der Waals surface area contributed by atoms with E-state index in [1.165, 1.54) is 45.4 Å². The van der Waals surface area contributed by atoms with Crippen molar-refractivity contribution in [2.24, 2.45) is 11.8 Å². The molecule has 0 saturated carbocycles. The highest BCUT2D eigenvalue weighted by Gasteiger charge is 2.34. The second kappa shape index (κ2) is 7.05. The molecule has 1 N–H and O–H groups in total. The van der Waals surface area contributed by atoms with Gasteiger partial charge in [-0.25, -0.2) is 0 Å². The van der Waals surface area contributed by atoms with Gasteiger partial charge in [-0.05, 0) is 57.8 Å². The Morgan fingerprint density at radius 2 is 1.95 bits per heavy atom. The molecule has 3 atom stereocenters. The summed E-state index contributed by atoms with van der Waals surface area (Å²) in [5, 5.41) is 3.56. The summed E-state index contributed by atoms with van der Waals surface area (Å²) in [6, 6.07) is 1.48. The van der Waals surface area contributed by atoms with Crippen molar-refractivity contribution in [1.29, 1.82) is 0 Å². The third-order valence-corrected chi connectivity index (χ3v) is 4.87. The van der Waals surface area contributed by atoms with E-state index in [1.54, 1.807) is 0 Å². The van der Waals surface area contributed by atoms with Crippen molar-refractivity contribution in [1.82, 2.24) is 15.1 Å². The maximum Gasteiger partial charge on any atom is 0.0145 e. The van der Waals surface area contributed by atoms with Gasteiger partial charge in [-0.2, -0.15) is 0 Å². The summed E-state index contributed by atoms with van der Waals surface area (Å²) >= 11 is 0. The van der Waals surface area contributed by atoms with Crippen LogP contribution in [-0.2, 0) is 0 Å². The molecule has 2 heterocycles. The molecule has 2 aliphatic rings. The van der Waals surface area contributed by atoms with Crippen LogP contribution in [0.15, 0.2) is 0 Å². The summed E-state index contributed by atoms with van der Waals surface area (Å²) in [5.74, 6) is 1.69. The van der Waals surface area contributed by atoms with Crippen molar-refractivity contribution in [3.05, 3.63) is 0 Å². The second-order valence-electron chi connectivity index (χ2n) is 7.17. The van der Waals surface area contributed by atoms with E-state index in [0.29, 0.717) is 6.04 Å². The van der Waals surface area contributed by atoms with Crippen LogP contribution in [0.5, 0.6) is 0 Å². The number of fused-ring (bicyclic) bond motifs is 1.